The topological polar surface area (TPSA) is 39.1 Å². The van der Waals surface area contributed by atoms with Gasteiger partial charge in [-0.1, -0.05) is 12.1 Å². The van der Waals surface area contributed by atoms with E-state index in [1.54, 1.807) is 11.8 Å². The van der Waals surface area contributed by atoms with Crippen LogP contribution in [0.1, 0.15) is 29.2 Å². The van der Waals surface area contributed by atoms with E-state index in [-0.39, 0.29) is 5.82 Å². The molecule has 1 heterocycles. The summed E-state index contributed by atoms with van der Waals surface area (Å²) in [5.41, 5.74) is 3.29. The maximum absolute atomic E-state index is 12.9. The third-order valence-corrected chi connectivity index (χ3v) is 4.11. The van der Waals surface area contributed by atoms with E-state index in [2.05, 4.69) is 10.4 Å². The van der Waals surface area contributed by atoms with Crippen LogP contribution in [0.4, 0.5) is 4.39 Å². The van der Waals surface area contributed by atoms with Gasteiger partial charge < -0.3 is 10.1 Å². The van der Waals surface area contributed by atoms with Crippen LogP contribution in [0.2, 0.25) is 0 Å². The minimum Gasteiger partial charge on any atom is -0.481 e. The Balaban J connectivity index is 1.61. The highest BCUT2D eigenvalue weighted by Gasteiger charge is 2.38. The normalized spacial score (nSPS) is 20.6. The molecule has 1 N–H and O–H groups in total. The zero-order chi connectivity index (χ0) is 15.0. The highest BCUT2D eigenvalue weighted by molar-refractivity contribution is 5.32. The molecule has 0 radical (unpaired) electrons. The van der Waals surface area contributed by atoms with Crippen LogP contribution < -0.4 is 10.1 Å². The summed E-state index contributed by atoms with van der Waals surface area (Å²) in [4.78, 5) is 0. The van der Waals surface area contributed by atoms with Crippen LogP contribution in [0.5, 0.6) is 5.88 Å². The molecular formula is C16H20FN3O. The molecule has 1 aromatic carbocycles. The van der Waals surface area contributed by atoms with Crippen molar-refractivity contribution in [1.82, 2.24) is 15.1 Å². The molecule has 0 spiro atoms. The molecule has 1 aliphatic carbocycles. The molecule has 3 rings (SSSR count). The number of halogens is 1. The van der Waals surface area contributed by atoms with Gasteiger partial charge in [0, 0.05) is 25.6 Å². The average molecular weight is 289 g/mol. The van der Waals surface area contributed by atoms with Gasteiger partial charge in [0.15, 0.2) is 0 Å². The number of aryl methyl sites for hydroxylation is 2. The summed E-state index contributed by atoms with van der Waals surface area (Å²) in [5, 5.41) is 7.91. The Morgan fingerprint density at radius 3 is 2.76 bits per heavy atom. The highest BCUT2D eigenvalue weighted by Crippen LogP contribution is 2.41. The molecule has 0 bridgehead atoms. The predicted molar refractivity (Wildman–Crippen MR) is 78.9 cm³/mol. The Hall–Kier alpha value is -1.88. The number of ether oxygens (including phenoxy) is 1. The molecule has 1 aromatic heterocycles. The summed E-state index contributed by atoms with van der Waals surface area (Å²) in [6.45, 7) is 2.73. The van der Waals surface area contributed by atoms with Crippen LogP contribution in [0.15, 0.2) is 24.3 Å². The third-order valence-electron chi connectivity index (χ3n) is 4.11. The van der Waals surface area contributed by atoms with Gasteiger partial charge in [0.05, 0.1) is 18.4 Å². The third kappa shape index (κ3) is 2.78. The summed E-state index contributed by atoms with van der Waals surface area (Å²) in [5.74, 6) is 1.10. The molecule has 2 aromatic rings. The molecule has 1 fully saturated rings. The fraction of sp³-hybridized carbons (Fsp3) is 0.438. The Labute approximate surface area is 123 Å². The van der Waals surface area contributed by atoms with E-state index in [4.69, 9.17) is 4.74 Å². The molecule has 4 nitrogen and oxygen atoms in total. The van der Waals surface area contributed by atoms with E-state index in [1.807, 2.05) is 26.1 Å². The van der Waals surface area contributed by atoms with Crippen molar-refractivity contribution in [3.05, 3.63) is 46.9 Å². The van der Waals surface area contributed by atoms with Crippen LogP contribution in [0.25, 0.3) is 0 Å². The van der Waals surface area contributed by atoms with Crippen molar-refractivity contribution in [2.75, 3.05) is 7.11 Å². The van der Waals surface area contributed by atoms with Gasteiger partial charge in [-0.2, -0.15) is 5.10 Å². The number of benzene rings is 1. The molecule has 2 atom stereocenters. The number of rotatable bonds is 5. The average Bonchev–Trinajstić information content (AvgIpc) is 3.17. The van der Waals surface area contributed by atoms with Crippen LogP contribution >= 0.6 is 0 Å². The fourth-order valence-corrected chi connectivity index (χ4v) is 2.87. The molecule has 1 aliphatic rings. The van der Waals surface area contributed by atoms with Crippen molar-refractivity contribution in [2.24, 2.45) is 7.05 Å². The second-order valence-electron chi connectivity index (χ2n) is 5.58. The van der Waals surface area contributed by atoms with Crippen molar-refractivity contribution >= 4 is 0 Å². The van der Waals surface area contributed by atoms with E-state index in [0.717, 1.165) is 30.1 Å². The smallest absolute Gasteiger partial charge is 0.216 e. The first kappa shape index (κ1) is 14.1. The quantitative estimate of drug-likeness (QED) is 0.919. The highest BCUT2D eigenvalue weighted by atomic mass is 19.1. The van der Waals surface area contributed by atoms with E-state index in [1.165, 1.54) is 17.7 Å². The Morgan fingerprint density at radius 2 is 2.10 bits per heavy atom. The molecule has 0 amide bonds. The van der Waals surface area contributed by atoms with E-state index < -0.39 is 0 Å². The predicted octanol–water partition coefficient (Wildman–Crippen LogP) is 2.52. The summed E-state index contributed by atoms with van der Waals surface area (Å²) in [6.07, 6.45) is 1.09. The Kier molecular flexibility index (Phi) is 3.68. The maximum Gasteiger partial charge on any atom is 0.216 e. The lowest BCUT2D eigenvalue weighted by atomic mass is 10.1. The molecular weight excluding hydrogens is 269 g/mol. The van der Waals surface area contributed by atoms with E-state index in [9.17, 15) is 4.39 Å². The van der Waals surface area contributed by atoms with Crippen molar-refractivity contribution in [3.63, 3.8) is 0 Å². The number of hydrogen-bond acceptors (Lipinski definition) is 3. The molecule has 21 heavy (non-hydrogen) atoms. The minimum absolute atomic E-state index is 0.181. The van der Waals surface area contributed by atoms with Gasteiger partial charge in [-0.3, -0.25) is 0 Å². The molecule has 5 heteroatoms. The first-order valence-corrected chi connectivity index (χ1v) is 7.15. The van der Waals surface area contributed by atoms with E-state index in [0.29, 0.717) is 12.0 Å². The van der Waals surface area contributed by atoms with Gasteiger partial charge in [0.1, 0.15) is 5.82 Å². The number of nitrogens with one attached hydrogen (secondary N) is 1. The number of methoxy groups -OCH3 is 1. The molecule has 0 saturated heterocycles. The summed E-state index contributed by atoms with van der Waals surface area (Å²) < 4.78 is 20.1. The van der Waals surface area contributed by atoms with Gasteiger partial charge in [-0.15, -0.1) is 0 Å². The van der Waals surface area contributed by atoms with E-state index >= 15 is 0 Å². The van der Waals surface area contributed by atoms with Gasteiger partial charge >= 0.3 is 0 Å². The molecule has 1 saturated carbocycles. The van der Waals surface area contributed by atoms with Crippen LogP contribution in [0, 0.1) is 12.7 Å². The van der Waals surface area contributed by atoms with Gasteiger partial charge in [0.25, 0.3) is 0 Å². The Morgan fingerprint density at radius 1 is 1.38 bits per heavy atom. The van der Waals surface area contributed by atoms with Gasteiger partial charge in [-0.25, -0.2) is 9.07 Å². The number of nitrogens with zero attached hydrogens (tertiary/aromatic N) is 2. The summed E-state index contributed by atoms with van der Waals surface area (Å²) >= 11 is 0. The van der Waals surface area contributed by atoms with Crippen molar-refractivity contribution in [3.8, 4) is 5.88 Å². The monoisotopic (exact) mass is 289 g/mol. The van der Waals surface area contributed by atoms with Crippen LogP contribution in [-0.2, 0) is 13.6 Å². The SMILES string of the molecule is COc1c(CN[C@@H]2C[C@@H]2c2ccc(F)cc2)c(C)nn1C. The number of hydrogen-bond donors (Lipinski definition) is 1. The second-order valence-corrected chi connectivity index (χ2v) is 5.58. The first-order chi connectivity index (χ1) is 10.1. The maximum atomic E-state index is 12.9. The molecule has 112 valence electrons. The lowest BCUT2D eigenvalue weighted by Crippen LogP contribution is -2.18. The van der Waals surface area contributed by atoms with Crippen LogP contribution in [-0.4, -0.2) is 22.9 Å². The lowest BCUT2D eigenvalue weighted by molar-refractivity contribution is 0.368. The summed E-state index contributed by atoms with van der Waals surface area (Å²) in [7, 11) is 3.55. The largest absolute Gasteiger partial charge is 0.481 e. The zero-order valence-electron chi connectivity index (χ0n) is 12.6. The molecule has 0 aliphatic heterocycles. The van der Waals surface area contributed by atoms with Gasteiger partial charge in [0.2, 0.25) is 5.88 Å². The van der Waals surface area contributed by atoms with Crippen molar-refractivity contribution < 1.29 is 9.13 Å². The fourth-order valence-electron chi connectivity index (χ4n) is 2.87. The lowest BCUT2D eigenvalue weighted by Gasteiger charge is -2.07. The minimum atomic E-state index is -0.181. The van der Waals surface area contributed by atoms with Crippen molar-refractivity contribution in [1.29, 1.82) is 0 Å². The summed E-state index contributed by atoms with van der Waals surface area (Å²) in [6, 6.07) is 7.24. The Bertz CT molecular complexity index is 636. The van der Waals surface area contributed by atoms with Crippen LogP contribution in [0.3, 0.4) is 0 Å². The van der Waals surface area contributed by atoms with Crippen molar-refractivity contribution in [2.45, 2.75) is 31.8 Å². The number of aromatic nitrogens is 2. The zero-order valence-corrected chi connectivity index (χ0v) is 12.6. The second kappa shape index (κ2) is 5.48. The van der Waals surface area contributed by atoms with Gasteiger partial charge in [-0.05, 0) is 31.0 Å². The standard InChI is InChI=1S/C16H20FN3O/c1-10-14(16(21-3)20(2)19-10)9-18-15-8-13(15)11-4-6-12(17)7-5-11/h4-7,13,15,18H,8-9H2,1-3H3/t13-,15-/m1/s1. The molecule has 0 unspecified atom stereocenters. The first-order valence-electron chi connectivity index (χ1n) is 7.15.